The molecule has 1 aromatic heterocycles. The van der Waals surface area contributed by atoms with E-state index in [1.807, 2.05) is 19.1 Å². The highest BCUT2D eigenvalue weighted by Crippen LogP contribution is 2.25. The summed E-state index contributed by atoms with van der Waals surface area (Å²) in [4.78, 5) is 0. The van der Waals surface area contributed by atoms with Gasteiger partial charge < -0.3 is 10.4 Å². The normalized spacial score (nSPS) is 11.5. The molecule has 16 heavy (non-hydrogen) atoms. The second kappa shape index (κ2) is 5.80. The zero-order valence-corrected chi connectivity index (χ0v) is 10.3. The van der Waals surface area contributed by atoms with Crippen molar-refractivity contribution in [3.05, 3.63) is 17.8 Å². The van der Waals surface area contributed by atoms with Crippen LogP contribution in [-0.2, 0) is 0 Å². The molecule has 0 saturated carbocycles. The first-order valence-corrected chi connectivity index (χ1v) is 5.81. The lowest BCUT2D eigenvalue weighted by atomic mass is 9.83. The molecular weight excluding hydrogens is 202 g/mol. The quantitative estimate of drug-likeness (QED) is 0.774. The molecule has 0 aliphatic rings. The van der Waals surface area contributed by atoms with Crippen LogP contribution in [0.4, 0.5) is 5.82 Å². The van der Waals surface area contributed by atoms with Gasteiger partial charge in [-0.25, -0.2) is 0 Å². The Morgan fingerprint density at radius 1 is 1.25 bits per heavy atom. The molecule has 4 nitrogen and oxygen atoms in total. The van der Waals surface area contributed by atoms with Crippen molar-refractivity contribution in [2.24, 2.45) is 5.41 Å². The van der Waals surface area contributed by atoms with Crippen molar-refractivity contribution >= 4 is 5.82 Å². The number of rotatable bonds is 6. The van der Waals surface area contributed by atoms with E-state index in [-0.39, 0.29) is 12.0 Å². The van der Waals surface area contributed by atoms with Gasteiger partial charge in [-0.3, -0.25) is 0 Å². The molecule has 1 rings (SSSR count). The third-order valence-electron chi connectivity index (χ3n) is 3.28. The van der Waals surface area contributed by atoms with Crippen molar-refractivity contribution < 1.29 is 5.11 Å². The van der Waals surface area contributed by atoms with Crippen molar-refractivity contribution in [2.75, 3.05) is 18.5 Å². The van der Waals surface area contributed by atoms with Crippen LogP contribution in [0.15, 0.2) is 12.1 Å². The van der Waals surface area contributed by atoms with Gasteiger partial charge in [0.2, 0.25) is 0 Å². The van der Waals surface area contributed by atoms with Gasteiger partial charge in [-0.05, 0) is 31.9 Å². The largest absolute Gasteiger partial charge is 0.396 e. The smallest absolute Gasteiger partial charge is 0.148 e. The molecule has 0 bridgehead atoms. The lowest BCUT2D eigenvalue weighted by molar-refractivity contribution is 0.127. The first-order chi connectivity index (χ1) is 7.65. The molecule has 4 heteroatoms. The predicted molar refractivity (Wildman–Crippen MR) is 65.4 cm³/mol. The summed E-state index contributed by atoms with van der Waals surface area (Å²) >= 11 is 0. The van der Waals surface area contributed by atoms with Crippen molar-refractivity contribution in [3.8, 4) is 0 Å². The summed E-state index contributed by atoms with van der Waals surface area (Å²) < 4.78 is 0. The first kappa shape index (κ1) is 12.9. The third kappa shape index (κ3) is 3.17. The van der Waals surface area contributed by atoms with Gasteiger partial charge in [0.25, 0.3) is 0 Å². The monoisotopic (exact) mass is 223 g/mol. The summed E-state index contributed by atoms with van der Waals surface area (Å²) in [5.41, 5.74) is 0.858. The molecule has 2 N–H and O–H groups in total. The van der Waals surface area contributed by atoms with Gasteiger partial charge in [-0.1, -0.05) is 13.8 Å². The molecule has 0 fully saturated rings. The van der Waals surface area contributed by atoms with E-state index in [2.05, 4.69) is 29.4 Å². The van der Waals surface area contributed by atoms with Gasteiger partial charge in [0, 0.05) is 12.0 Å². The summed E-state index contributed by atoms with van der Waals surface area (Å²) in [5, 5.41) is 20.7. The van der Waals surface area contributed by atoms with E-state index in [4.69, 9.17) is 0 Å². The lowest BCUT2D eigenvalue weighted by Crippen LogP contribution is -2.32. The highest BCUT2D eigenvalue weighted by Gasteiger charge is 2.24. The molecule has 0 radical (unpaired) electrons. The SMILES string of the molecule is CCC(CC)(CO)CNc1ccc(C)nn1. The van der Waals surface area contributed by atoms with Gasteiger partial charge in [-0.15, -0.1) is 5.10 Å². The Kier molecular flexibility index (Phi) is 4.68. The van der Waals surface area contributed by atoms with Gasteiger partial charge >= 0.3 is 0 Å². The minimum absolute atomic E-state index is 0.0490. The first-order valence-electron chi connectivity index (χ1n) is 5.81. The lowest BCUT2D eigenvalue weighted by Gasteiger charge is -2.29. The fourth-order valence-corrected chi connectivity index (χ4v) is 1.55. The van der Waals surface area contributed by atoms with Crippen LogP contribution in [0.1, 0.15) is 32.4 Å². The summed E-state index contributed by atoms with van der Waals surface area (Å²) in [6, 6.07) is 3.84. The van der Waals surface area contributed by atoms with E-state index in [0.29, 0.717) is 0 Å². The number of anilines is 1. The van der Waals surface area contributed by atoms with Crippen LogP contribution in [0.25, 0.3) is 0 Å². The summed E-state index contributed by atoms with van der Waals surface area (Å²) in [6.45, 7) is 7.04. The third-order valence-corrected chi connectivity index (χ3v) is 3.28. The van der Waals surface area contributed by atoms with Crippen molar-refractivity contribution in [1.82, 2.24) is 10.2 Å². The molecule has 0 aromatic carbocycles. The van der Waals surface area contributed by atoms with Crippen LogP contribution < -0.4 is 5.32 Å². The molecule has 1 heterocycles. The maximum atomic E-state index is 9.42. The molecular formula is C12H21N3O. The zero-order chi connectivity index (χ0) is 12.0. The fourth-order valence-electron chi connectivity index (χ4n) is 1.55. The maximum Gasteiger partial charge on any atom is 0.148 e. The molecule has 0 amide bonds. The Labute approximate surface area is 97.1 Å². The highest BCUT2D eigenvalue weighted by molar-refractivity contribution is 5.33. The standard InChI is InChI=1S/C12H21N3O/c1-4-12(5-2,9-16)8-13-11-7-6-10(3)14-15-11/h6-7,16H,4-5,8-9H2,1-3H3,(H,13,15). The number of nitrogens with zero attached hydrogens (tertiary/aromatic N) is 2. The van der Waals surface area contributed by atoms with E-state index in [0.717, 1.165) is 30.9 Å². The zero-order valence-electron chi connectivity index (χ0n) is 10.3. The fraction of sp³-hybridized carbons (Fsp3) is 0.667. The summed E-state index contributed by atoms with van der Waals surface area (Å²) in [6.07, 6.45) is 1.90. The summed E-state index contributed by atoms with van der Waals surface area (Å²) in [5.74, 6) is 0.769. The number of aryl methyl sites for hydroxylation is 1. The number of aliphatic hydroxyl groups is 1. The van der Waals surface area contributed by atoms with Crippen molar-refractivity contribution in [3.63, 3.8) is 0 Å². The van der Waals surface area contributed by atoms with E-state index in [9.17, 15) is 5.11 Å². The Morgan fingerprint density at radius 2 is 1.94 bits per heavy atom. The van der Waals surface area contributed by atoms with Gasteiger partial charge in [0.15, 0.2) is 0 Å². The Hall–Kier alpha value is -1.16. The van der Waals surface area contributed by atoms with Gasteiger partial charge in [0.1, 0.15) is 5.82 Å². The molecule has 0 saturated heterocycles. The Balaban J connectivity index is 2.58. The average Bonchev–Trinajstić information content (AvgIpc) is 2.34. The molecule has 0 aliphatic carbocycles. The van der Waals surface area contributed by atoms with Crippen LogP contribution in [0.3, 0.4) is 0 Å². The van der Waals surface area contributed by atoms with Crippen LogP contribution in [-0.4, -0.2) is 28.5 Å². The van der Waals surface area contributed by atoms with Crippen molar-refractivity contribution in [2.45, 2.75) is 33.6 Å². The van der Waals surface area contributed by atoms with E-state index < -0.39 is 0 Å². The van der Waals surface area contributed by atoms with E-state index in [1.165, 1.54) is 0 Å². The topological polar surface area (TPSA) is 58.0 Å². The number of aromatic nitrogens is 2. The minimum Gasteiger partial charge on any atom is -0.396 e. The maximum absolute atomic E-state index is 9.42. The van der Waals surface area contributed by atoms with Gasteiger partial charge in [-0.2, -0.15) is 5.10 Å². The van der Waals surface area contributed by atoms with Crippen LogP contribution in [0, 0.1) is 12.3 Å². The summed E-state index contributed by atoms with van der Waals surface area (Å²) in [7, 11) is 0. The van der Waals surface area contributed by atoms with Crippen LogP contribution in [0.2, 0.25) is 0 Å². The number of aliphatic hydroxyl groups excluding tert-OH is 1. The molecule has 0 atom stereocenters. The second-order valence-corrected chi connectivity index (χ2v) is 4.28. The Morgan fingerprint density at radius 3 is 2.38 bits per heavy atom. The average molecular weight is 223 g/mol. The highest BCUT2D eigenvalue weighted by atomic mass is 16.3. The number of hydrogen-bond donors (Lipinski definition) is 2. The van der Waals surface area contributed by atoms with Crippen LogP contribution >= 0.6 is 0 Å². The molecule has 1 aromatic rings. The minimum atomic E-state index is -0.0490. The van der Waals surface area contributed by atoms with Crippen LogP contribution in [0.5, 0.6) is 0 Å². The van der Waals surface area contributed by atoms with Crippen molar-refractivity contribution in [1.29, 1.82) is 0 Å². The Bertz CT molecular complexity index is 298. The number of nitrogens with one attached hydrogen (secondary N) is 1. The molecule has 0 unspecified atom stereocenters. The number of hydrogen-bond acceptors (Lipinski definition) is 4. The molecule has 90 valence electrons. The predicted octanol–water partition coefficient (Wildman–Crippen LogP) is 2.00. The van der Waals surface area contributed by atoms with Gasteiger partial charge in [0.05, 0.1) is 12.3 Å². The van der Waals surface area contributed by atoms with E-state index in [1.54, 1.807) is 0 Å². The second-order valence-electron chi connectivity index (χ2n) is 4.28. The van der Waals surface area contributed by atoms with E-state index >= 15 is 0 Å². The molecule has 0 aliphatic heterocycles. The molecule has 0 spiro atoms.